The van der Waals surface area contributed by atoms with Crippen molar-refractivity contribution in [2.75, 3.05) is 11.9 Å². The molecule has 18 heavy (non-hydrogen) atoms. The van der Waals surface area contributed by atoms with E-state index >= 15 is 0 Å². The highest BCUT2D eigenvalue weighted by Gasteiger charge is 1.99. The number of hydrogen-bond donors (Lipinski definition) is 1. The molecule has 0 aliphatic carbocycles. The van der Waals surface area contributed by atoms with Crippen molar-refractivity contribution in [1.29, 1.82) is 0 Å². The summed E-state index contributed by atoms with van der Waals surface area (Å²) < 4.78 is 1.43. The first-order chi connectivity index (χ1) is 8.66. The van der Waals surface area contributed by atoms with Crippen molar-refractivity contribution < 1.29 is 0 Å². The first kappa shape index (κ1) is 12.6. The molecule has 0 saturated heterocycles. The topological polar surface area (TPSA) is 46.9 Å². The van der Waals surface area contributed by atoms with Crippen molar-refractivity contribution in [1.82, 2.24) is 9.78 Å². The molecule has 2 aromatic rings. The van der Waals surface area contributed by atoms with Crippen LogP contribution in [0.2, 0.25) is 5.02 Å². The summed E-state index contributed by atoms with van der Waals surface area (Å²) in [5, 5.41) is 7.90. The molecule has 0 saturated carbocycles. The lowest BCUT2D eigenvalue weighted by atomic mass is 10.3. The van der Waals surface area contributed by atoms with Gasteiger partial charge in [-0.3, -0.25) is 4.79 Å². The van der Waals surface area contributed by atoms with Crippen LogP contribution in [0.4, 0.5) is 5.69 Å². The molecule has 94 valence electrons. The van der Waals surface area contributed by atoms with Crippen LogP contribution in [-0.2, 0) is 6.54 Å². The molecule has 0 radical (unpaired) electrons. The summed E-state index contributed by atoms with van der Waals surface area (Å²) in [6.07, 6.45) is 1.68. The maximum Gasteiger partial charge on any atom is 0.267 e. The van der Waals surface area contributed by atoms with Gasteiger partial charge in [0.05, 0.1) is 23.5 Å². The van der Waals surface area contributed by atoms with E-state index < -0.39 is 0 Å². The van der Waals surface area contributed by atoms with Gasteiger partial charge in [-0.2, -0.15) is 5.10 Å². The molecule has 1 N–H and O–H groups in total. The third kappa shape index (κ3) is 3.11. The third-order valence-corrected chi connectivity index (χ3v) is 2.85. The van der Waals surface area contributed by atoms with Crippen LogP contribution >= 0.6 is 11.6 Å². The molecule has 0 fully saturated rings. The Kier molecular flexibility index (Phi) is 3.99. The molecule has 0 aliphatic rings. The van der Waals surface area contributed by atoms with Crippen molar-refractivity contribution >= 4 is 17.3 Å². The van der Waals surface area contributed by atoms with Crippen LogP contribution in [0.5, 0.6) is 0 Å². The fraction of sp³-hybridized carbons (Fsp3) is 0.231. The average molecular weight is 264 g/mol. The summed E-state index contributed by atoms with van der Waals surface area (Å²) in [7, 11) is 0. The smallest absolute Gasteiger partial charge is 0.267 e. The van der Waals surface area contributed by atoms with E-state index in [1.165, 1.54) is 4.68 Å². The fourth-order valence-electron chi connectivity index (χ4n) is 1.59. The van der Waals surface area contributed by atoms with Gasteiger partial charge in [0.1, 0.15) is 0 Å². The summed E-state index contributed by atoms with van der Waals surface area (Å²) in [4.78, 5) is 11.6. The summed E-state index contributed by atoms with van der Waals surface area (Å²) >= 11 is 6.01. The summed E-state index contributed by atoms with van der Waals surface area (Å²) in [5.74, 6) is 0. The molecule has 0 bridgehead atoms. The van der Waals surface area contributed by atoms with Crippen molar-refractivity contribution in [3.05, 3.63) is 57.5 Å². The summed E-state index contributed by atoms with van der Waals surface area (Å²) in [6.45, 7) is 2.95. The Morgan fingerprint density at radius 2 is 2.17 bits per heavy atom. The maximum atomic E-state index is 11.6. The molecule has 4 nitrogen and oxygen atoms in total. The van der Waals surface area contributed by atoms with E-state index in [2.05, 4.69) is 10.4 Å². The molecule has 1 heterocycles. The van der Waals surface area contributed by atoms with E-state index in [4.69, 9.17) is 11.6 Å². The van der Waals surface area contributed by atoms with E-state index in [9.17, 15) is 4.79 Å². The van der Waals surface area contributed by atoms with Crippen molar-refractivity contribution in [3.8, 4) is 0 Å². The molecule has 0 unspecified atom stereocenters. The van der Waals surface area contributed by atoms with E-state index in [1.54, 1.807) is 12.3 Å². The van der Waals surface area contributed by atoms with Crippen LogP contribution in [0, 0.1) is 6.92 Å². The summed E-state index contributed by atoms with van der Waals surface area (Å²) in [6, 6.07) is 9.07. The Balaban J connectivity index is 1.97. The predicted molar refractivity (Wildman–Crippen MR) is 73.2 cm³/mol. The predicted octanol–water partition coefficient (Wildman–Crippen LogP) is 2.32. The SMILES string of the molecule is Cc1cnn(CCNc2ccccc2Cl)c(=O)c1. The number of anilines is 1. The molecular weight excluding hydrogens is 250 g/mol. The molecule has 2 rings (SSSR count). The van der Waals surface area contributed by atoms with Gasteiger partial charge in [-0.15, -0.1) is 0 Å². The quantitative estimate of drug-likeness (QED) is 0.921. The van der Waals surface area contributed by atoms with Gasteiger partial charge in [0, 0.05) is 12.6 Å². The van der Waals surface area contributed by atoms with Gasteiger partial charge in [0.2, 0.25) is 0 Å². The highest BCUT2D eigenvalue weighted by Crippen LogP contribution is 2.19. The van der Waals surface area contributed by atoms with Gasteiger partial charge >= 0.3 is 0 Å². The number of nitrogens with one attached hydrogen (secondary N) is 1. The fourth-order valence-corrected chi connectivity index (χ4v) is 1.80. The van der Waals surface area contributed by atoms with Crippen LogP contribution in [0.1, 0.15) is 5.56 Å². The average Bonchev–Trinajstić information content (AvgIpc) is 2.34. The first-order valence-corrected chi connectivity index (χ1v) is 6.07. The number of hydrogen-bond acceptors (Lipinski definition) is 3. The molecule has 0 atom stereocenters. The zero-order chi connectivity index (χ0) is 13.0. The monoisotopic (exact) mass is 263 g/mol. The zero-order valence-corrected chi connectivity index (χ0v) is 10.8. The number of aryl methyl sites for hydroxylation is 1. The minimum atomic E-state index is -0.0871. The lowest BCUT2D eigenvalue weighted by Gasteiger charge is -2.08. The molecular formula is C13H14ClN3O. The largest absolute Gasteiger partial charge is 0.382 e. The first-order valence-electron chi connectivity index (χ1n) is 5.69. The molecule has 5 heteroatoms. The highest BCUT2D eigenvalue weighted by atomic mass is 35.5. The van der Waals surface area contributed by atoms with Gasteiger partial charge in [-0.05, 0) is 24.6 Å². The van der Waals surface area contributed by atoms with Crippen LogP contribution < -0.4 is 10.9 Å². The van der Waals surface area contributed by atoms with Crippen LogP contribution in [0.25, 0.3) is 0 Å². The molecule has 0 aliphatic heterocycles. The standard InChI is InChI=1S/C13H14ClN3O/c1-10-8-13(18)17(16-9-10)7-6-15-12-5-3-2-4-11(12)14/h2-5,8-9,15H,6-7H2,1H3. The Morgan fingerprint density at radius 1 is 1.39 bits per heavy atom. The van der Waals surface area contributed by atoms with Gasteiger partial charge < -0.3 is 5.32 Å². The lowest BCUT2D eigenvalue weighted by molar-refractivity contribution is 0.595. The van der Waals surface area contributed by atoms with E-state index in [0.29, 0.717) is 18.1 Å². The number of nitrogens with zero attached hydrogens (tertiary/aromatic N) is 2. The van der Waals surface area contributed by atoms with E-state index in [-0.39, 0.29) is 5.56 Å². The third-order valence-electron chi connectivity index (χ3n) is 2.52. The number of rotatable bonds is 4. The van der Waals surface area contributed by atoms with Crippen LogP contribution in [0.3, 0.4) is 0 Å². The van der Waals surface area contributed by atoms with Gasteiger partial charge in [-0.25, -0.2) is 4.68 Å². The van der Waals surface area contributed by atoms with Gasteiger partial charge in [0.15, 0.2) is 0 Å². The Morgan fingerprint density at radius 3 is 2.89 bits per heavy atom. The van der Waals surface area contributed by atoms with E-state index in [0.717, 1.165) is 11.3 Å². The van der Waals surface area contributed by atoms with Crippen LogP contribution in [-0.4, -0.2) is 16.3 Å². The number of para-hydroxylation sites is 1. The minimum absolute atomic E-state index is 0.0871. The Hall–Kier alpha value is -1.81. The molecule has 1 aromatic carbocycles. The second-order valence-corrected chi connectivity index (χ2v) is 4.41. The van der Waals surface area contributed by atoms with Gasteiger partial charge in [-0.1, -0.05) is 23.7 Å². The molecule has 0 amide bonds. The van der Waals surface area contributed by atoms with E-state index in [1.807, 2.05) is 31.2 Å². The molecule has 0 spiro atoms. The molecule has 1 aromatic heterocycles. The van der Waals surface area contributed by atoms with Crippen molar-refractivity contribution in [2.45, 2.75) is 13.5 Å². The second kappa shape index (κ2) is 5.69. The lowest BCUT2D eigenvalue weighted by Crippen LogP contribution is -2.25. The number of benzene rings is 1. The number of aromatic nitrogens is 2. The Bertz CT molecular complexity index is 595. The maximum absolute atomic E-state index is 11.6. The number of halogens is 1. The van der Waals surface area contributed by atoms with Crippen LogP contribution in [0.15, 0.2) is 41.3 Å². The normalized spacial score (nSPS) is 10.3. The minimum Gasteiger partial charge on any atom is -0.382 e. The highest BCUT2D eigenvalue weighted by molar-refractivity contribution is 6.33. The Labute approximate surface area is 110 Å². The van der Waals surface area contributed by atoms with Gasteiger partial charge in [0.25, 0.3) is 5.56 Å². The second-order valence-electron chi connectivity index (χ2n) is 4.00. The van der Waals surface area contributed by atoms with Crippen molar-refractivity contribution in [3.63, 3.8) is 0 Å². The summed E-state index contributed by atoms with van der Waals surface area (Å²) in [5.41, 5.74) is 1.64. The zero-order valence-electron chi connectivity index (χ0n) is 10.1. The van der Waals surface area contributed by atoms with Crippen molar-refractivity contribution in [2.24, 2.45) is 0 Å².